The molecule has 5 aromatic rings. The Kier molecular flexibility index (Phi) is 16.9. The zero-order valence-corrected chi connectivity index (χ0v) is 43.9. The van der Waals surface area contributed by atoms with Crippen molar-refractivity contribution in [2.45, 2.75) is 150 Å². The predicted molar refractivity (Wildman–Crippen MR) is 284 cm³/mol. The van der Waals surface area contributed by atoms with Gasteiger partial charge in [0, 0.05) is 60.1 Å². The van der Waals surface area contributed by atoms with E-state index >= 15 is 0 Å². The lowest BCUT2D eigenvalue weighted by molar-refractivity contribution is -0.140. The van der Waals surface area contributed by atoms with Gasteiger partial charge in [-0.3, -0.25) is 19.2 Å². The number of aliphatic hydroxyl groups excluding tert-OH is 2. The van der Waals surface area contributed by atoms with Gasteiger partial charge in [-0.25, -0.2) is 0 Å². The van der Waals surface area contributed by atoms with E-state index in [1.807, 2.05) is 69.5 Å². The van der Waals surface area contributed by atoms with Crippen LogP contribution in [0.1, 0.15) is 98.6 Å². The Morgan fingerprint density at radius 2 is 1.01 bits per heavy atom. The first-order valence-electron chi connectivity index (χ1n) is 25.9. The minimum Gasteiger partial charge on any atom is -0.395 e. The number of nitrogens with zero attached hydrogens (tertiary/aromatic N) is 4. The van der Waals surface area contributed by atoms with Gasteiger partial charge in [0.2, 0.25) is 23.6 Å². The first-order valence-corrected chi connectivity index (χ1v) is 25.9. The molecule has 6 N–H and O–H groups in total. The third kappa shape index (κ3) is 11.3. The molecule has 0 bridgehead atoms. The fourth-order valence-electron chi connectivity index (χ4n) is 11.1. The summed E-state index contributed by atoms with van der Waals surface area (Å²) in [6, 6.07) is 22.9. The van der Waals surface area contributed by atoms with E-state index in [2.05, 4.69) is 85.0 Å². The molecule has 4 amide bonds. The SMILES string of the molecule is CN[C@@H](C)C(=O)N[C@H](C(=O)N1CCC[C@H]1CCc1c(-c2ccc(-c3c(C[C@@H]4CCCN4C(=O)[C@@H](NC(=O)[C@H](C)NC)C(C)(C)C)c4ccccc4n3CCO)cc2)n(CCO)c2ccccc12)C(C)(C)C. The fourth-order valence-corrected chi connectivity index (χ4v) is 11.1. The summed E-state index contributed by atoms with van der Waals surface area (Å²) in [5, 5.41) is 35.4. The lowest BCUT2D eigenvalue weighted by atomic mass is 9.85. The molecule has 6 atom stereocenters. The number of hydrogen-bond donors (Lipinski definition) is 6. The summed E-state index contributed by atoms with van der Waals surface area (Å²) in [5.74, 6) is -0.522. The number of amides is 4. The minimum atomic E-state index is -0.701. The van der Waals surface area contributed by atoms with Crippen LogP contribution in [0.2, 0.25) is 0 Å². The van der Waals surface area contributed by atoms with Crippen LogP contribution in [0.3, 0.4) is 0 Å². The van der Waals surface area contributed by atoms with Crippen molar-refractivity contribution in [3.63, 3.8) is 0 Å². The summed E-state index contributed by atoms with van der Waals surface area (Å²) in [6.07, 6.45) is 5.51. The summed E-state index contributed by atoms with van der Waals surface area (Å²) >= 11 is 0. The smallest absolute Gasteiger partial charge is 0.245 e. The molecule has 2 aliphatic heterocycles. The van der Waals surface area contributed by atoms with Gasteiger partial charge in [-0.15, -0.1) is 0 Å². The van der Waals surface area contributed by atoms with Crippen LogP contribution in [0.15, 0.2) is 72.8 Å². The maximum absolute atomic E-state index is 14.6. The molecule has 2 aromatic heterocycles. The van der Waals surface area contributed by atoms with Gasteiger partial charge < -0.3 is 50.4 Å². The number of fused-ring (bicyclic) bond motifs is 2. The lowest BCUT2D eigenvalue weighted by Crippen LogP contribution is -2.58. The monoisotopic (exact) mass is 973 g/mol. The number of carbonyl (C=O) groups is 4. The van der Waals surface area contributed by atoms with E-state index in [0.29, 0.717) is 39.0 Å². The third-order valence-corrected chi connectivity index (χ3v) is 15.2. The minimum absolute atomic E-state index is 0.000681. The molecule has 0 saturated carbocycles. The van der Waals surface area contributed by atoms with E-state index < -0.39 is 35.0 Å². The number of rotatable bonds is 19. The van der Waals surface area contributed by atoms with Crippen LogP contribution in [0.4, 0.5) is 0 Å². The number of aliphatic hydroxyl groups is 2. The maximum atomic E-state index is 14.6. The highest BCUT2D eigenvalue weighted by molar-refractivity contribution is 5.95. The molecule has 3 aromatic carbocycles. The molecule has 14 heteroatoms. The van der Waals surface area contributed by atoms with Gasteiger partial charge in [0.25, 0.3) is 0 Å². The van der Waals surface area contributed by atoms with Crippen molar-refractivity contribution < 1.29 is 29.4 Å². The molecule has 4 heterocycles. The van der Waals surface area contributed by atoms with Gasteiger partial charge in [-0.2, -0.15) is 0 Å². The number of aromatic nitrogens is 2. The number of benzene rings is 3. The topological polar surface area (TPSA) is 173 Å². The molecule has 384 valence electrons. The third-order valence-electron chi connectivity index (χ3n) is 15.2. The molecule has 0 spiro atoms. The van der Waals surface area contributed by atoms with Crippen molar-refractivity contribution in [1.29, 1.82) is 0 Å². The highest BCUT2D eigenvalue weighted by atomic mass is 16.3. The lowest BCUT2D eigenvalue weighted by Gasteiger charge is -2.36. The first-order chi connectivity index (χ1) is 33.8. The number of likely N-dealkylation sites (tertiary alicyclic amines) is 2. The Bertz CT molecular complexity index is 2670. The molecule has 0 aliphatic carbocycles. The van der Waals surface area contributed by atoms with Crippen molar-refractivity contribution in [2.75, 3.05) is 40.4 Å². The van der Waals surface area contributed by atoms with E-state index in [-0.39, 0.29) is 48.9 Å². The molecule has 0 radical (unpaired) electrons. The largest absolute Gasteiger partial charge is 0.395 e. The molecule has 71 heavy (non-hydrogen) atoms. The second kappa shape index (κ2) is 22.5. The van der Waals surface area contributed by atoms with Crippen molar-refractivity contribution >= 4 is 45.4 Å². The van der Waals surface area contributed by atoms with E-state index in [1.165, 1.54) is 0 Å². The Balaban J connectivity index is 1.24. The number of hydrogen-bond acceptors (Lipinski definition) is 8. The average Bonchev–Trinajstić information content (AvgIpc) is 4.15. The molecule has 0 unspecified atom stereocenters. The quantitative estimate of drug-likeness (QED) is 0.0534. The van der Waals surface area contributed by atoms with Gasteiger partial charge in [-0.05, 0) is 118 Å². The number of likely N-dealkylation sites (N-methyl/N-ethyl adjacent to an activating group) is 2. The zero-order chi connectivity index (χ0) is 51.4. The van der Waals surface area contributed by atoms with Crippen LogP contribution < -0.4 is 21.3 Å². The number of nitrogens with one attached hydrogen (secondary N) is 4. The van der Waals surface area contributed by atoms with Gasteiger partial charge >= 0.3 is 0 Å². The summed E-state index contributed by atoms with van der Waals surface area (Å²) in [5.41, 5.74) is 7.34. The molecular weight excluding hydrogens is 893 g/mol. The van der Waals surface area contributed by atoms with E-state index in [9.17, 15) is 29.4 Å². The maximum Gasteiger partial charge on any atom is 0.245 e. The average molecular weight is 973 g/mol. The van der Waals surface area contributed by atoms with Crippen LogP contribution in [-0.4, -0.2) is 129 Å². The van der Waals surface area contributed by atoms with E-state index in [4.69, 9.17) is 0 Å². The highest BCUT2D eigenvalue weighted by Crippen LogP contribution is 2.41. The second-order valence-corrected chi connectivity index (χ2v) is 22.1. The highest BCUT2D eigenvalue weighted by Gasteiger charge is 2.42. The number of para-hydroxylation sites is 2. The second-order valence-electron chi connectivity index (χ2n) is 22.1. The first kappa shape index (κ1) is 53.3. The van der Waals surface area contributed by atoms with Crippen molar-refractivity contribution in [3.05, 3.63) is 83.9 Å². The summed E-state index contributed by atoms with van der Waals surface area (Å²) in [7, 11) is 3.47. The van der Waals surface area contributed by atoms with Crippen LogP contribution >= 0.6 is 0 Å². The van der Waals surface area contributed by atoms with E-state index in [1.54, 1.807) is 27.9 Å². The number of carbonyl (C=O) groups excluding carboxylic acids is 4. The van der Waals surface area contributed by atoms with Crippen molar-refractivity contribution in [1.82, 2.24) is 40.2 Å². The Morgan fingerprint density at radius 1 is 0.606 bits per heavy atom. The van der Waals surface area contributed by atoms with Crippen LogP contribution in [0.5, 0.6) is 0 Å². The van der Waals surface area contributed by atoms with Gasteiger partial charge in [0.1, 0.15) is 12.1 Å². The number of aryl methyl sites for hydroxylation is 1. The van der Waals surface area contributed by atoms with Crippen LogP contribution in [-0.2, 0) is 45.1 Å². The predicted octanol–water partition coefficient (Wildman–Crippen LogP) is 6.65. The molecule has 2 fully saturated rings. The summed E-state index contributed by atoms with van der Waals surface area (Å²) in [4.78, 5) is 59.3. The molecule has 2 saturated heterocycles. The molecular formula is C57H80N8O6. The van der Waals surface area contributed by atoms with Crippen molar-refractivity contribution in [3.8, 4) is 22.5 Å². The van der Waals surface area contributed by atoms with Gasteiger partial charge in [0.05, 0.1) is 36.7 Å². The fraction of sp³-hybridized carbons (Fsp3) is 0.544. The van der Waals surface area contributed by atoms with Crippen molar-refractivity contribution in [2.24, 2.45) is 10.8 Å². The zero-order valence-electron chi connectivity index (χ0n) is 43.9. The van der Waals surface area contributed by atoms with Gasteiger partial charge in [0.15, 0.2) is 0 Å². The summed E-state index contributed by atoms with van der Waals surface area (Å²) in [6.45, 7) is 17.5. The Hall–Kier alpha value is -5.54. The molecule has 2 aliphatic rings. The van der Waals surface area contributed by atoms with Crippen LogP contribution in [0.25, 0.3) is 44.3 Å². The molecule has 14 nitrogen and oxygen atoms in total. The van der Waals surface area contributed by atoms with E-state index in [0.717, 1.165) is 87.6 Å². The van der Waals surface area contributed by atoms with Gasteiger partial charge in [-0.1, -0.05) is 102 Å². The normalized spacial score (nSPS) is 18.3. The Morgan fingerprint density at radius 3 is 1.45 bits per heavy atom. The Labute approximate surface area is 420 Å². The standard InChI is InChI=1S/C57H80N8O6/c1-36(58-9)52(68)60-50(56(3,4)5)54(70)62-29-15-17-40(62)27-28-44-42-19-11-13-21-46(42)64(31-33-66)48(44)38-23-25-39(26-24-38)49-45(43-20-12-14-22-47(43)65(49)32-34-67)35-41-18-16-30-63(41)55(71)51(57(6,7)8)61-53(69)37(2)59-10/h11-14,19-26,36-37,40-41,50-51,58-59,66-67H,15-18,27-35H2,1-10H3,(H,60,68)(H,61,69)/t36-,37-,40-,41-,50+,51+/m0/s1. The summed E-state index contributed by atoms with van der Waals surface area (Å²) < 4.78 is 4.43. The van der Waals surface area contributed by atoms with Crippen LogP contribution in [0, 0.1) is 10.8 Å². The molecule has 7 rings (SSSR count).